The fraction of sp³-hybridized carbons (Fsp3) is 0.250. The first-order valence-electron chi connectivity index (χ1n) is 6.55. The Kier molecular flexibility index (Phi) is 5.30. The molecule has 0 heterocycles. The van der Waals surface area contributed by atoms with Crippen molar-refractivity contribution in [1.82, 2.24) is 0 Å². The highest BCUT2D eigenvalue weighted by Gasteiger charge is 2.13. The molecule has 106 valence electrons. The predicted molar refractivity (Wildman–Crippen MR) is 84.7 cm³/mol. The van der Waals surface area contributed by atoms with E-state index in [4.69, 9.17) is 33.7 Å². The monoisotopic (exact) mass is 309 g/mol. The van der Waals surface area contributed by atoms with Crippen LogP contribution in [-0.4, -0.2) is 6.61 Å². The second kappa shape index (κ2) is 6.98. The van der Waals surface area contributed by atoms with Crippen LogP contribution in [0.4, 0.5) is 0 Å². The molecule has 0 saturated heterocycles. The van der Waals surface area contributed by atoms with Gasteiger partial charge in [-0.1, -0.05) is 42.3 Å². The Morgan fingerprint density at radius 2 is 1.95 bits per heavy atom. The van der Waals surface area contributed by atoms with Crippen molar-refractivity contribution in [2.75, 3.05) is 6.61 Å². The van der Waals surface area contributed by atoms with Gasteiger partial charge in [-0.05, 0) is 47.9 Å². The number of hydrogen-bond donors (Lipinski definition) is 1. The average Bonchev–Trinajstić information content (AvgIpc) is 2.47. The highest BCUT2D eigenvalue weighted by atomic mass is 35.5. The Morgan fingerprint density at radius 3 is 2.70 bits per heavy atom. The fourth-order valence-electron chi connectivity index (χ4n) is 1.95. The highest BCUT2D eigenvalue weighted by Crippen LogP contribution is 2.30. The second-order valence-electron chi connectivity index (χ2n) is 4.56. The van der Waals surface area contributed by atoms with Gasteiger partial charge in [-0.2, -0.15) is 0 Å². The predicted octanol–water partition coefficient (Wildman–Crippen LogP) is 4.83. The van der Waals surface area contributed by atoms with E-state index in [-0.39, 0.29) is 6.04 Å². The maximum Gasteiger partial charge on any atom is 0.119 e. The maximum absolute atomic E-state index is 6.28. The van der Waals surface area contributed by atoms with E-state index in [1.807, 2.05) is 24.3 Å². The minimum absolute atomic E-state index is 0.327. The molecule has 2 aromatic rings. The van der Waals surface area contributed by atoms with Crippen molar-refractivity contribution in [3.8, 4) is 5.75 Å². The van der Waals surface area contributed by atoms with Crippen LogP contribution in [0.1, 0.15) is 30.5 Å². The molecule has 0 aliphatic heterocycles. The van der Waals surface area contributed by atoms with E-state index < -0.39 is 0 Å². The van der Waals surface area contributed by atoms with Gasteiger partial charge in [0.1, 0.15) is 5.75 Å². The van der Waals surface area contributed by atoms with E-state index in [0.29, 0.717) is 16.7 Å². The molecular formula is C16H17Cl2NO. The summed E-state index contributed by atoms with van der Waals surface area (Å²) in [5.41, 5.74) is 8.04. The van der Waals surface area contributed by atoms with Crippen LogP contribution < -0.4 is 10.5 Å². The van der Waals surface area contributed by atoms with Crippen molar-refractivity contribution < 1.29 is 4.74 Å². The Balaban J connectivity index is 2.28. The van der Waals surface area contributed by atoms with Crippen molar-refractivity contribution in [3.63, 3.8) is 0 Å². The molecule has 0 bridgehead atoms. The van der Waals surface area contributed by atoms with E-state index in [9.17, 15) is 0 Å². The summed E-state index contributed by atoms with van der Waals surface area (Å²) in [5.74, 6) is 0.818. The van der Waals surface area contributed by atoms with E-state index in [1.165, 1.54) is 0 Å². The molecule has 0 aliphatic carbocycles. The third-order valence-electron chi connectivity index (χ3n) is 2.98. The van der Waals surface area contributed by atoms with Gasteiger partial charge in [-0.25, -0.2) is 0 Å². The second-order valence-corrected chi connectivity index (χ2v) is 5.41. The Morgan fingerprint density at radius 1 is 1.15 bits per heavy atom. The number of rotatable bonds is 5. The summed E-state index contributed by atoms with van der Waals surface area (Å²) in [6.45, 7) is 2.76. The van der Waals surface area contributed by atoms with Crippen molar-refractivity contribution in [1.29, 1.82) is 0 Å². The molecule has 0 fully saturated rings. The van der Waals surface area contributed by atoms with Crippen LogP contribution in [0, 0.1) is 0 Å². The zero-order chi connectivity index (χ0) is 14.5. The van der Waals surface area contributed by atoms with Gasteiger partial charge < -0.3 is 10.5 Å². The van der Waals surface area contributed by atoms with Crippen molar-refractivity contribution in [2.24, 2.45) is 5.73 Å². The molecule has 1 atom stereocenters. The highest BCUT2D eigenvalue weighted by molar-refractivity contribution is 6.33. The van der Waals surface area contributed by atoms with Crippen LogP contribution in [0.2, 0.25) is 10.0 Å². The van der Waals surface area contributed by atoms with Crippen molar-refractivity contribution in [2.45, 2.75) is 19.4 Å². The lowest BCUT2D eigenvalue weighted by Crippen LogP contribution is -2.12. The molecule has 2 N–H and O–H groups in total. The summed E-state index contributed by atoms with van der Waals surface area (Å²) >= 11 is 12.2. The lowest BCUT2D eigenvalue weighted by atomic mass is 9.99. The smallest absolute Gasteiger partial charge is 0.119 e. The summed E-state index contributed by atoms with van der Waals surface area (Å²) < 4.78 is 5.62. The number of ether oxygens (including phenoxy) is 1. The Labute approximate surface area is 129 Å². The zero-order valence-electron chi connectivity index (χ0n) is 11.3. The summed E-state index contributed by atoms with van der Waals surface area (Å²) in [6.07, 6.45) is 0.969. The number of nitrogens with two attached hydrogens (primary N) is 1. The van der Waals surface area contributed by atoms with Crippen LogP contribution >= 0.6 is 23.2 Å². The van der Waals surface area contributed by atoms with Crippen LogP contribution in [0.3, 0.4) is 0 Å². The number of halogens is 2. The summed E-state index contributed by atoms with van der Waals surface area (Å²) in [6, 6.07) is 12.7. The van der Waals surface area contributed by atoms with Gasteiger partial charge in [-0.15, -0.1) is 0 Å². The third-order valence-corrected chi connectivity index (χ3v) is 3.56. The van der Waals surface area contributed by atoms with Gasteiger partial charge in [0.2, 0.25) is 0 Å². The molecule has 0 saturated carbocycles. The quantitative estimate of drug-likeness (QED) is 0.858. The van der Waals surface area contributed by atoms with Crippen LogP contribution in [0.15, 0.2) is 42.5 Å². The molecule has 1 unspecified atom stereocenters. The van der Waals surface area contributed by atoms with E-state index in [2.05, 4.69) is 6.92 Å². The number of hydrogen-bond acceptors (Lipinski definition) is 2. The SMILES string of the molecule is CCCOc1cccc(C(N)c2cc(Cl)ccc2Cl)c1. The van der Waals surface area contributed by atoms with Crippen LogP contribution in [0.25, 0.3) is 0 Å². The fourth-order valence-corrected chi connectivity index (χ4v) is 2.37. The maximum atomic E-state index is 6.28. The molecular weight excluding hydrogens is 293 g/mol. The molecule has 4 heteroatoms. The molecule has 0 radical (unpaired) electrons. The first-order chi connectivity index (χ1) is 9.61. The molecule has 0 spiro atoms. The summed E-state index contributed by atoms with van der Waals surface area (Å²) in [5, 5.41) is 1.24. The van der Waals surface area contributed by atoms with E-state index in [0.717, 1.165) is 23.3 Å². The first-order valence-corrected chi connectivity index (χ1v) is 7.30. The molecule has 20 heavy (non-hydrogen) atoms. The van der Waals surface area contributed by atoms with E-state index in [1.54, 1.807) is 18.2 Å². The molecule has 2 aromatic carbocycles. The van der Waals surface area contributed by atoms with Crippen LogP contribution in [0.5, 0.6) is 5.75 Å². The van der Waals surface area contributed by atoms with E-state index >= 15 is 0 Å². The van der Waals surface area contributed by atoms with Crippen molar-refractivity contribution in [3.05, 3.63) is 63.6 Å². The lowest BCUT2D eigenvalue weighted by Gasteiger charge is -2.16. The lowest BCUT2D eigenvalue weighted by molar-refractivity contribution is 0.317. The van der Waals surface area contributed by atoms with Gasteiger partial charge in [0.25, 0.3) is 0 Å². The Hall–Kier alpha value is -1.22. The standard InChI is InChI=1S/C16H17Cl2NO/c1-2-8-20-13-5-3-4-11(9-13)16(19)14-10-12(17)6-7-15(14)18/h3-7,9-10,16H,2,8,19H2,1H3. The topological polar surface area (TPSA) is 35.2 Å². The minimum atomic E-state index is -0.327. The van der Waals surface area contributed by atoms with Gasteiger partial charge in [0.15, 0.2) is 0 Å². The summed E-state index contributed by atoms with van der Waals surface area (Å²) in [4.78, 5) is 0. The third kappa shape index (κ3) is 3.66. The normalized spacial score (nSPS) is 12.2. The van der Waals surface area contributed by atoms with Gasteiger partial charge in [0, 0.05) is 10.0 Å². The van der Waals surface area contributed by atoms with Crippen LogP contribution in [-0.2, 0) is 0 Å². The van der Waals surface area contributed by atoms with Gasteiger partial charge in [0.05, 0.1) is 12.6 Å². The minimum Gasteiger partial charge on any atom is -0.494 e. The molecule has 2 nitrogen and oxygen atoms in total. The average molecular weight is 310 g/mol. The summed E-state index contributed by atoms with van der Waals surface area (Å²) in [7, 11) is 0. The van der Waals surface area contributed by atoms with Gasteiger partial charge in [-0.3, -0.25) is 0 Å². The first kappa shape index (κ1) is 15.2. The van der Waals surface area contributed by atoms with Gasteiger partial charge >= 0.3 is 0 Å². The Bertz CT molecular complexity index is 586. The molecule has 0 amide bonds. The molecule has 2 rings (SSSR count). The number of benzene rings is 2. The molecule has 0 aliphatic rings. The zero-order valence-corrected chi connectivity index (χ0v) is 12.8. The largest absolute Gasteiger partial charge is 0.494 e. The van der Waals surface area contributed by atoms with Crippen molar-refractivity contribution >= 4 is 23.2 Å². The molecule has 0 aromatic heterocycles.